The zero-order valence-electron chi connectivity index (χ0n) is 45.6. The lowest BCUT2D eigenvalue weighted by Crippen LogP contribution is -2.30. The summed E-state index contributed by atoms with van der Waals surface area (Å²) in [5.74, 6) is -1.58. The third-order valence-corrected chi connectivity index (χ3v) is 12.7. The topological polar surface area (TPSA) is 155 Å². The number of hydrogen-bond acceptors (Lipinski definition) is 10. The molecule has 0 spiro atoms. The molecule has 0 rings (SSSR count). The lowest BCUT2D eigenvalue weighted by atomic mass is 10.1. The van der Waals surface area contributed by atoms with Crippen molar-refractivity contribution >= 4 is 25.7 Å². The number of aliphatic hydroxyl groups is 1. The molecule has 0 amide bonds. The van der Waals surface area contributed by atoms with Crippen LogP contribution in [0.3, 0.4) is 0 Å². The van der Waals surface area contributed by atoms with Crippen LogP contribution in [0.2, 0.25) is 0 Å². The van der Waals surface area contributed by atoms with E-state index in [4.69, 9.17) is 23.3 Å². The highest BCUT2D eigenvalue weighted by atomic mass is 31.2. The molecule has 0 aromatic rings. The Morgan fingerprint density at radius 1 is 0.403 bits per heavy atom. The lowest BCUT2D eigenvalue weighted by Gasteiger charge is -2.21. The average Bonchev–Trinajstić information content (AvgIpc) is 3.37. The van der Waals surface area contributed by atoms with Gasteiger partial charge in [0.1, 0.15) is 12.7 Å². The molecule has 3 unspecified atom stereocenters. The van der Waals surface area contributed by atoms with Gasteiger partial charge in [-0.1, -0.05) is 209 Å². The van der Waals surface area contributed by atoms with E-state index < -0.39 is 57.8 Å². The number of carbonyl (C=O) groups is 3. The van der Waals surface area contributed by atoms with Crippen molar-refractivity contribution in [1.82, 2.24) is 0 Å². The molecular weight excluding hydrogens is 928 g/mol. The Hall–Kier alpha value is -3.34. The van der Waals surface area contributed by atoms with E-state index in [0.29, 0.717) is 19.3 Å². The minimum absolute atomic E-state index is 0.0429. The van der Waals surface area contributed by atoms with E-state index in [-0.39, 0.29) is 25.9 Å². The number of esters is 3. The van der Waals surface area contributed by atoms with Gasteiger partial charge >= 0.3 is 25.7 Å². The third kappa shape index (κ3) is 51.6. The number of hydrogen-bond donors (Lipinski definition) is 2. The molecule has 0 radical (unpaired) electrons. The maximum absolute atomic E-state index is 12.9. The molecule has 0 fully saturated rings. The summed E-state index contributed by atoms with van der Waals surface area (Å²) in [6, 6.07) is 0. The monoisotopic (exact) mass is 1030 g/mol. The van der Waals surface area contributed by atoms with E-state index >= 15 is 0 Å². The molecule has 3 atom stereocenters. The summed E-state index contributed by atoms with van der Waals surface area (Å²) in [6.45, 7) is 4.36. The minimum Gasteiger partial charge on any atom is -0.462 e. The molecule has 0 aliphatic heterocycles. The maximum atomic E-state index is 12.9. The van der Waals surface area contributed by atoms with Crippen LogP contribution in [-0.4, -0.2) is 66.5 Å². The van der Waals surface area contributed by atoms with Crippen LogP contribution in [0.15, 0.2) is 85.1 Å². The van der Waals surface area contributed by atoms with Crippen LogP contribution in [-0.2, 0) is 42.2 Å². The van der Waals surface area contributed by atoms with Crippen molar-refractivity contribution in [2.75, 3.05) is 26.4 Å². The molecule has 0 aromatic carbocycles. The van der Waals surface area contributed by atoms with Crippen LogP contribution in [0.4, 0.5) is 0 Å². The normalized spacial score (nSPS) is 14.0. The number of rotatable bonds is 52. The predicted molar refractivity (Wildman–Crippen MR) is 298 cm³/mol. The number of allylic oxidation sites excluding steroid dienone is 14. The van der Waals surface area contributed by atoms with Gasteiger partial charge in [-0.05, 0) is 96.3 Å². The summed E-state index contributed by atoms with van der Waals surface area (Å²) in [4.78, 5) is 48.4. The second kappa shape index (κ2) is 53.9. The Labute approximate surface area is 439 Å². The van der Waals surface area contributed by atoms with Crippen molar-refractivity contribution in [3.05, 3.63) is 85.1 Å². The number of phosphoric acid groups is 1. The van der Waals surface area contributed by atoms with Crippen molar-refractivity contribution in [3.8, 4) is 0 Å². The first kappa shape index (κ1) is 68.7. The van der Waals surface area contributed by atoms with Gasteiger partial charge in [0, 0.05) is 19.3 Å². The van der Waals surface area contributed by atoms with Crippen molar-refractivity contribution < 1.29 is 52.2 Å². The fourth-order valence-corrected chi connectivity index (χ4v) is 8.24. The van der Waals surface area contributed by atoms with Gasteiger partial charge in [0.15, 0.2) is 6.10 Å². The largest absolute Gasteiger partial charge is 0.472 e. The standard InChI is InChI=1S/C60H103O11P/c1-4-7-10-13-16-19-22-25-26-27-28-29-30-33-34-37-40-43-46-49-58(62)67-53-57(71-60(64)51-48-45-42-39-36-32-24-21-18-15-12-9-6-3)55-69-72(65,66)68-54-56(52-61)70-59(63)50-47-44-41-38-35-31-23-20-17-14-11-8-5-2/h9,11-12,14,18,20-21,23,25-26,32,36,42,45,56-57,61H,4-8,10,13,15-17,19,22,24,27-31,33-35,37-41,43-44,46-55H2,1-3H3,(H,65,66)/b12-9-,14-11-,21-18-,23-20-,26-25-,36-32-,45-42-. The third-order valence-electron chi connectivity index (χ3n) is 11.8. The molecule has 0 aliphatic carbocycles. The van der Waals surface area contributed by atoms with Crippen molar-refractivity contribution in [3.63, 3.8) is 0 Å². The molecule has 0 aliphatic rings. The van der Waals surface area contributed by atoms with Gasteiger partial charge in [0.2, 0.25) is 0 Å². The van der Waals surface area contributed by atoms with Gasteiger partial charge in [-0.2, -0.15) is 0 Å². The van der Waals surface area contributed by atoms with Crippen molar-refractivity contribution in [1.29, 1.82) is 0 Å². The van der Waals surface area contributed by atoms with Crippen LogP contribution in [0.5, 0.6) is 0 Å². The van der Waals surface area contributed by atoms with Gasteiger partial charge < -0.3 is 24.2 Å². The lowest BCUT2D eigenvalue weighted by molar-refractivity contribution is -0.161. The molecule has 0 bridgehead atoms. The zero-order valence-corrected chi connectivity index (χ0v) is 46.5. The highest BCUT2D eigenvalue weighted by Crippen LogP contribution is 2.43. The summed E-state index contributed by atoms with van der Waals surface area (Å²) >= 11 is 0. The van der Waals surface area contributed by atoms with Crippen LogP contribution in [0, 0.1) is 0 Å². The highest BCUT2D eigenvalue weighted by molar-refractivity contribution is 7.47. The van der Waals surface area contributed by atoms with Gasteiger partial charge in [0.05, 0.1) is 19.8 Å². The van der Waals surface area contributed by atoms with Gasteiger partial charge in [-0.3, -0.25) is 23.4 Å². The van der Waals surface area contributed by atoms with Crippen LogP contribution >= 0.6 is 7.82 Å². The van der Waals surface area contributed by atoms with Gasteiger partial charge in [-0.15, -0.1) is 0 Å². The van der Waals surface area contributed by atoms with Crippen LogP contribution in [0.25, 0.3) is 0 Å². The molecule has 11 nitrogen and oxygen atoms in total. The van der Waals surface area contributed by atoms with Crippen molar-refractivity contribution in [2.24, 2.45) is 0 Å². The SMILES string of the molecule is CC/C=C\C/C=C\C/C=C\C/C=C\CCC(=O)OC(COC(=O)CCCCCCCCCCC/C=C\CCCCCCCC)COP(=O)(O)OCC(CO)OC(=O)CCCCCCC/C=C\C/C=C\CCC. The summed E-state index contributed by atoms with van der Waals surface area (Å²) in [5.41, 5.74) is 0. The zero-order chi connectivity index (χ0) is 52.7. The van der Waals surface area contributed by atoms with E-state index in [1.165, 1.54) is 83.5 Å². The Balaban J connectivity index is 4.76. The van der Waals surface area contributed by atoms with E-state index in [1.807, 2.05) is 12.2 Å². The molecule has 0 aromatic heterocycles. The molecule has 0 saturated heterocycles. The average molecular weight is 1030 g/mol. The quantitative estimate of drug-likeness (QED) is 0.0197. The minimum atomic E-state index is -4.77. The van der Waals surface area contributed by atoms with E-state index in [9.17, 15) is 28.9 Å². The Kier molecular flexibility index (Phi) is 51.4. The number of phosphoric ester groups is 1. The first-order valence-electron chi connectivity index (χ1n) is 28.5. The molecular formula is C60H103O11P. The second-order valence-electron chi connectivity index (χ2n) is 18.7. The molecule has 0 heterocycles. The summed E-state index contributed by atoms with van der Waals surface area (Å²) in [6.07, 6.45) is 61.4. The number of carbonyl (C=O) groups excluding carboxylic acids is 3. The molecule has 72 heavy (non-hydrogen) atoms. The molecule has 2 N–H and O–H groups in total. The van der Waals surface area contributed by atoms with E-state index in [2.05, 4.69) is 93.7 Å². The Morgan fingerprint density at radius 3 is 1.26 bits per heavy atom. The van der Waals surface area contributed by atoms with Crippen LogP contribution in [0.1, 0.15) is 239 Å². The maximum Gasteiger partial charge on any atom is 0.472 e. The fraction of sp³-hybridized carbons (Fsp3) is 0.717. The second-order valence-corrected chi connectivity index (χ2v) is 20.2. The Bertz CT molecular complexity index is 1530. The molecule has 414 valence electrons. The summed E-state index contributed by atoms with van der Waals surface area (Å²) < 4.78 is 39.4. The predicted octanol–water partition coefficient (Wildman–Crippen LogP) is 16.7. The van der Waals surface area contributed by atoms with Crippen LogP contribution < -0.4 is 0 Å². The van der Waals surface area contributed by atoms with Gasteiger partial charge in [0.25, 0.3) is 0 Å². The first-order valence-corrected chi connectivity index (χ1v) is 30.0. The number of ether oxygens (including phenoxy) is 3. The fourth-order valence-electron chi connectivity index (χ4n) is 7.46. The number of unbranched alkanes of at least 4 members (excludes halogenated alkanes) is 21. The highest BCUT2D eigenvalue weighted by Gasteiger charge is 2.28. The number of aliphatic hydroxyl groups excluding tert-OH is 1. The van der Waals surface area contributed by atoms with E-state index in [0.717, 1.165) is 96.3 Å². The summed E-state index contributed by atoms with van der Waals surface area (Å²) in [7, 11) is -4.77. The molecule has 0 saturated carbocycles. The van der Waals surface area contributed by atoms with E-state index in [1.54, 1.807) is 0 Å². The smallest absolute Gasteiger partial charge is 0.462 e. The first-order chi connectivity index (χ1) is 35.2. The van der Waals surface area contributed by atoms with Gasteiger partial charge in [-0.25, -0.2) is 4.57 Å². The Morgan fingerprint density at radius 2 is 0.778 bits per heavy atom. The summed E-state index contributed by atoms with van der Waals surface area (Å²) in [5, 5.41) is 9.79. The van der Waals surface area contributed by atoms with Crippen molar-refractivity contribution in [2.45, 2.75) is 251 Å². The molecule has 12 heteroatoms.